The van der Waals surface area contributed by atoms with Crippen LogP contribution in [0.3, 0.4) is 0 Å². The molecule has 2 aromatic carbocycles. The summed E-state index contributed by atoms with van der Waals surface area (Å²) in [6.07, 6.45) is 0. The summed E-state index contributed by atoms with van der Waals surface area (Å²) in [6, 6.07) is 11.0. The van der Waals surface area contributed by atoms with Crippen molar-refractivity contribution >= 4 is 27.0 Å². The zero-order valence-corrected chi connectivity index (χ0v) is 14.1. The lowest BCUT2D eigenvalue weighted by Gasteiger charge is -2.07. The summed E-state index contributed by atoms with van der Waals surface area (Å²) in [4.78, 5) is 4.15. The third-order valence-electron chi connectivity index (χ3n) is 3.78. The molecule has 0 spiro atoms. The normalized spacial score (nSPS) is 11.6. The molecular weight excluding hydrogens is 344 g/mol. The molecule has 0 aliphatic rings. The van der Waals surface area contributed by atoms with Gasteiger partial charge in [-0.05, 0) is 42.5 Å². The highest BCUT2D eigenvalue weighted by Crippen LogP contribution is 2.21. The first kappa shape index (κ1) is 16.9. The van der Waals surface area contributed by atoms with Gasteiger partial charge in [-0.25, -0.2) is 4.98 Å². The zero-order valence-electron chi connectivity index (χ0n) is 13.3. The Bertz CT molecular complexity index is 1060. The number of nitrogen functional groups attached to an aromatic ring is 1. The third kappa shape index (κ3) is 3.47. The standard InChI is InChI=1S/C16H16N4O4S/c1-20-14-7-6-12(25(21,22)23)8-13(14)19-15(20)9-24-11-4-2-10(3-5-11)16(17)18/h2-8H,9H2,1H3,(H3,17,18)(H,21,22,23). The summed E-state index contributed by atoms with van der Waals surface area (Å²) in [5.74, 6) is 1.17. The topological polar surface area (TPSA) is 131 Å². The number of imidazole rings is 1. The van der Waals surface area contributed by atoms with Gasteiger partial charge in [0.25, 0.3) is 10.1 Å². The average Bonchev–Trinajstić information content (AvgIpc) is 2.88. The van der Waals surface area contributed by atoms with E-state index in [1.54, 1.807) is 41.9 Å². The second kappa shape index (κ2) is 6.19. The molecule has 0 bridgehead atoms. The van der Waals surface area contributed by atoms with Crippen LogP contribution in [-0.4, -0.2) is 28.4 Å². The van der Waals surface area contributed by atoms with Crippen LogP contribution in [0.1, 0.15) is 11.4 Å². The molecule has 1 aromatic heterocycles. The van der Waals surface area contributed by atoms with Crippen molar-refractivity contribution < 1.29 is 17.7 Å². The van der Waals surface area contributed by atoms with E-state index < -0.39 is 10.1 Å². The van der Waals surface area contributed by atoms with E-state index in [0.29, 0.717) is 22.7 Å². The van der Waals surface area contributed by atoms with Gasteiger partial charge in [0.2, 0.25) is 0 Å². The van der Waals surface area contributed by atoms with Crippen molar-refractivity contribution in [1.29, 1.82) is 5.41 Å². The van der Waals surface area contributed by atoms with Gasteiger partial charge >= 0.3 is 0 Å². The molecule has 130 valence electrons. The van der Waals surface area contributed by atoms with Crippen molar-refractivity contribution in [2.45, 2.75) is 11.5 Å². The van der Waals surface area contributed by atoms with Gasteiger partial charge in [0.15, 0.2) is 0 Å². The van der Waals surface area contributed by atoms with Crippen LogP contribution in [0.2, 0.25) is 0 Å². The fourth-order valence-corrected chi connectivity index (χ4v) is 2.90. The Morgan fingerprint density at radius 1 is 1.28 bits per heavy atom. The van der Waals surface area contributed by atoms with Crippen LogP contribution in [-0.2, 0) is 23.8 Å². The SMILES string of the molecule is Cn1c(COc2ccc(C(=N)N)cc2)nc2cc(S(=O)(=O)O)ccc21. The average molecular weight is 360 g/mol. The van der Waals surface area contributed by atoms with E-state index in [2.05, 4.69) is 4.98 Å². The van der Waals surface area contributed by atoms with Crippen LogP contribution in [0.5, 0.6) is 5.75 Å². The molecule has 3 aromatic rings. The van der Waals surface area contributed by atoms with E-state index in [4.69, 9.17) is 20.4 Å². The number of hydrogen-bond donors (Lipinski definition) is 3. The number of fused-ring (bicyclic) bond motifs is 1. The molecule has 0 saturated carbocycles. The maximum absolute atomic E-state index is 11.2. The highest BCUT2D eigenvalue weighted by Gasteiger charge is 2.14. The van der Waals surface area contributed by atoms with Gasteiger partial charge in [-0.3, -0.25) is 9.96 Å². The van der Waals surface area contributed by atoms with Gasteiger partial charge in [-0.1, -0.05) is 0 Å². The Morgan fingerprint density at radius 2 is 1.96 bits per heavy atom. The smallest absolute Gasteiger partial charge is 0.294 e. The van der Waals surface area contributed by atoms with Gasteiger partial charge in [-0.15, -0.1) is 0 Å². The molecule has 9 heteroatoms. The van der Waals surface area contributed by atoms with E-state index >= 15 is 0 Å². The number of hydrogen-bond acceptors (Lipinski definition) is 5. The van der Waals surface area contributed by atoms with E-state index in [-0.39, 0.29) is 17.3 Å². The highest BCUT2D eigenvalue weighted by atomic mass is 32.2. The number of nitrogens with one attached hydrogen (secondary N) is 1. The fourth-order valence-electron chi connectivity index (χ4n) is 2.40. The molecule has 0 atom stereocenters. The minimum atomic E-state index is -4.27. The van der Waals surface area contributed by atoms with Crippen LogP contribution in [0.15, 0.2) is 47.4 Å². The minimum absolute atomic E-state index is 0.0171. The van der Waals surface area contributed by atoms with Crippen LogP contribution in [0.25, 0.3) is 11.0 Å². The molecule has 0 fully saturated rings. The molecule has 4 N–H and O–H groups in total. The van der Waals surface area contributed by atoms with Crippen molar-refractivity contribution in [2.75, 3.05) is 0 Å². The highest BCUT2D eigenvalue weighted by molar-refractivity contribution is 7.85. The maximum atomic E-state index is 11.2. The molecule has 8 nitrogen and oxygen atoms in total. The maximum Gasteiger partial charge on any atom is 0.294 e. The predicted molar refractivity (Wildman–Crippen MR) is 92.3 cm³/mol. The van der Waals surface area contributed by atoms with Crippen molar-refractivity contribution in [3.8, 4) is 5.75 Å². The Balaban J connectivity index is 1.84. The van der Waals surface area contributed by atoms with Crippen molar-refractivity contribution in [3.05, 3.63) is 53.9 Å². The monoisotopic (exact) mass is 360 g/mol. The van der Waals surface area contributed by atoms with Crippen LogP contribution >= 0.6 is 0 Å². The summed E-state index contributed by atoms with van der Waals surface area (Å²) in [6.45, 7) is 0.172. The number of benzene rings is 2. The molecule has 3 rings (SSSR count). The largest absolute Gasteiger partial charge is 0.486 e. The number of aryl methyl sites for hydroxylation is 1. The van der Waals surface area contributed by atoms with Crippen LogP contribution in [0, 0.1) is 5.41 Å². The van der Waals surface area contributed by atoms with E-state index in [9.17, 15) is 8.42 Å². The molecule has 0 unspecified atom stereocenters. The molecular formula is C16H16N4O4S. The molecule has 25 heavy (non-hydrogen) atoms. The first-order chi connectivity index (χ1) is 11.8. The second-order valence-corrected chi connectivity index (χ2v) is 6.86. The lowest BCUT2D eigenvalue weighted by Crippen LogP contribution is -2.10. The van der Waals surface area contributed by atoms with E-state index in [1.165, 1.54) is 12.1 Å². The molecule has 1 heterocycles. The lowest BCUT2D eigenvalue weighted by molar-refractivity contribution is 0.292. The Labute approximate surface area is 144 Å². The number of ether oxygens (including phenoxy) is 1. The Kier molecular flexibility index (Phi) is 4.19. The summed E-state index contributed by atoms with van der Waals surface area (Å²) < 4.78 is 39.0. The Morgan fingerprint density at radius 3 is 2.56 bits per heavy atom. The van der Waals surface area contributed by atoms with E-state index in [1.807, 2.05) is 0 Å². The number of nitrogens with zero attached hydrogens (tertiary/aromatic N) is 2. The lowest BCUT2D eigenvalue weighted by atomic mass is 10.2. The first-order valence-electron chi connectivity index (χ1n) is 7.26. The van der Waals surface area contributed by atoms with Gasteiger partial charge in [0, 0.05) is 12.6 Å². The third-order valence-corrected chi connectivity index (χ3v) is 4.63. The predicted octanol–water partition coefficient (Wildman–Crippen LogP) is 1.68. The molecule has 0 saturated heterocycles. The van der Waals surface area contributed by atoms with Gasteiger partial charge in [-0.2, -0.15) is 8.42 Å². The summed E-state index contributed by atoms with van der Waals surface area (Å²) in [5, 5.41) is 7.36. The molecule has 0 radical (unpaired) electrons. The molecule has 0 amide bonds. The second-order valence-electron chi connectivity index (χ2n) is 5.44. The van der Waals surface area contributed by atoms with Crippen molar-refractivity contribution in [2.24, 2.45) is 12.8 Å². The van der Waals surface area contributed by atoms with Crippen molar-refractivity contribution in [3.63, 3.8) is 0 Å². The molecule has 0 aliphatic heterocycles. The van der Waals surface area contributed by atoms with Crippen LogP contribution in [0.4, 0.5) is 0 Å². The number of aromatic nitrogens is 2. The zero-order chi connectivity index (χ0) is 18.2. The summed E-state index contributed by atoms with van der Waals surface area (Å²) in [7, 11) is -2.48. The van der Waals surface area contributed by atoms with Gasteiger partial charge in [0.05, 0.1) is 15.9 Å². The minimum Gasteiger partial charge on any atom is -0.486 e. The quantitative estimate of drug-likeness (QED) is 0.360. The van der Waals surface area contributed by atoms with Crippen molar-refractivity contribution in [1.82, 2.24) is 9.55 Å². The number of nitrogens with two attached hydrogens (primary N) is 1. The number of amidine groups is 1. The summed E-state index contributed by atoms with van der Waals surface area (Å²) >= 11 is 0. The summed E-state index contributed by atoms with van der Waals surface area (Å²) in [5.41, 5.74) is 7.18. The van der Waals surface area contributed by atoms with Gasteiger partial charge in [0.1, 0.15) is 24.0 Å². The Hall–Kier alpha value is -2.91. The first-order valence-corrected chi connectivity index (χ1v) is 8.70. The van der Waals surface area contributed by atoms with E-state index in [0.717, 1.165) is 5.52 Å². The van der Waals surface area contributed by atoms with Gasteiger partial charge < -0.3 is 15.0 Å². The van der Waals surface area contributed by atoms with Crippen LogP contribution < -0.4 is 10.5 Å². The molecule has 0 aliphatic carbocycles. The number of rotatable bonds is 5. The fraction of sp³-hybridized carbons (Fsp3) is 0.125.